The Hall–Kier alpha value is -1.55. The second-order valence-electron chi connectivity index (χ2n) is 5.39. The Morgan fingerprint density at radius 2 is 2.26 bits per heavy atom. The first kappa shape index (κ1) is 13.9. The summed E-state index contributed by atoms with van der Waals surface area (Å²) in [6, 6.07) is 5.34. The monoisotopic (exact) mass is 262 g/mol. The quantitative estimate of drug-likeness (QED) is 0.855. The van der Waals surface area contributed by atoms with Crippen LogP contribution >= 0.6 is 0 Å². The lowest BCUT2D eigenvalue weighted by Crippen LogP contribution is -2.51. The maximum atomic E-state index is 12.6. The minimum Gasteiger partial charge on any atom is -0.507 e. The molecule has 104 valence electrons. The topological polar surface area (TPSA) is 66.6 Å². The highest BCUT2D eigenvalue weighted by Gasteiger charge is 2.32. The Labute approximate surface area is 114 Å². The molecule has 1 fully saturated rings. The molecule has 1 aromatic rings. The predicted octanol–water partition coefficient (Wildman–Crippen LogP) is 1.90. The Bertz CT molecular complexity index is 473. The number of phenolic OH excluding ortho intramolecular Hbond substituents is 1. The molecular weight excluding hydrogens is 240 g/mol. The van der Waals surface area contributed by atoms with Crippen LogP contribution in [0.25, 0.3) is 0 Å². The van der Waals surface area contributed by atoms with Crippen molar-refractivity contribution in [2.24, 2.45) is 11.7 Å². The summed E-state index contributed by atoms with van der Waals surface area (Å²) in [6.07, 6.45) is 2.10. The van der Waals surface area contributed by atoms with Gasteiger partial charge in [-0.3, -0.25) is 4.79 Å². The van der Waals surface area contributed by atoms with Crippen LogP contribution in [0.2, 0.25) is 0 Å². The van der Waals surface area contributed by atoms with Gasteiger partial charge >= 0.3 is 0 Å². The summed E-state index contributed by atoms with van der Waals surface area (Å²) in [5.74, 6) is 0.388. The summed E-state index contributed by atoms with van der Waals surface area (Å²) >= 11 is 0. The molecule has 2 unspecified atom stereocenters. The molecule has 1 aliphatic rings. The molecule has 1 aromatic carbocycles. The van der Waals surface area contributed by atoms with Gasteiger partial charge < -0.3 is 15.7 Å². The average Bonchev–Trinajstić information content (AvgIpc) is 2.41. The third-order valence-electron chi connectivity index (χ3n) is 4.09. The Kier molecular flexibility index (Phi) is 4.10. The van der Waals surface area contributed by atoms with Crippen molar-refractivity contribution in [1.29, 1.82) is 0 Å². The van der Waals surface area contributed by atoms with Crippen molar-refractivity contribution in [3.63, 3.8) is 0 Å². The van der Waals surface area contributed by atoms with Gasteiger partial charge in [0.25, 0.3) is 5.91 Å². The highest BCUT2D eigenvalue weighted by molar-refractivity contribution is 5.97. The zero-order valence-electron chi connectivity index (χ0n) is 11.6. The van der Waals surface area contributed by atoms with E-state index in [1.807, 2.05) is 4.90 Å². The fraction of sp³-hybridized carbons (Fsp3) is 0.533. The number of aryl methyl sites for hydroxylation is 1. The molecule has 1 heterocycles. The van der Waals surface area contributed by atoms with E-state index in [4.69, 9.17) is 5.73 Å². The van der Waals surface area contributed by atoms with E-state index in [1.165, 1.54) is 0 Å². The number of aromatic hydroxyl groups is 1. The van der Waals surface area contributed by atoms with Gasteiger partial charge in [0.15, 0.2) is 0 Å². The smallest absolute Gasteiger partial charge is 0.257 e. The molecule has 0 aliphatic carbocycles. The van der Waals surface area contributed by atoms with Gasteiger partial charge in [-0.05, 0) is 37.3 Å². The molecule has 1 amide bonds. The van der Waals surface area contributed by atoms with Crippen molar-refractivity contribution >= 4 is 5.91 Å². The van der Waals surface area contributed by atoms with Crippen LogP contribution in [-0.2, 0) is 0 Å². The number of rotatable bonds is 2. The molecule has 3 N–H and O–H groups in total. The van der Waals surface area contributed by atoms with Crippen LogP contribution in [-0.4, -0.2) is 35.0 Å². The third kappa shape index (κ3) is 2.59. The number of amides is 1. The van der Waals surface area contributed by atoms with Crippen LogP contribution in [0.4, 0.5) is 0 Å². The van der Waals surface area contributed by atoms with E-state index in [1.54, 1.807) is 25.1 Å². The highest BCUT2D eigenvalue weighted by atomic mass is 16.3. The van der Waals surface area contributed by atoms with E-state index in [2.05, 4.69) is 6.92 Å². The van der Waals surface area contributed by atoms with Crippen molar-refractivity contribution in [1.82, 2.24) is 4.90 Å². The first-order valence-corrected chi connectivity index (χ1v) is 6.86. The molecule has 0 radical (unpaired) electrons. The molecule has 4 nitrogen and oxygen atoms in total. The fourth-order valence-electron chi connectivity index (χ4n) is 2.85. The van der Waals surface area contributed by atoms with Gasteiger partial charge in [-0.2, -0.15) is 0 Å². The molecule has 1 saturated heterocycles. The Morgan fingerprint density at radius 3 is 2.95 bits per heavy atom. The fourth-order valence-corrected chi connectivity index (χ4v) is 2.85. The van der Waals surface area contributed by atoms with E-state index in [9.17, 15) is 9.90 Å². The van der Waals surface area contributed by atoms with E-state index < -0.39 is 0 Å². The van der Waals surface area contributed by atoms with Gasteiger partial charge in [0, 0.05) is 19.1 Å². The lowest BCUT2D eigenvalue weighted by molar-refractivity contribution is 0.0529. The van der Waals surface area contributed by atoms with E-state index in [-0.39, 0.29) is 17.7 Å². The highest BCUT2D eigenvalue weighted by Crippen LogP contribution is 2.28. The van der Waals surface area contributed by atoms with E-state index in [0.717, 1.165) is 24.9 Å². The minimum absolute atomic E-state index is 0.0705. The van der Waals surface area contributed by atoms with Gasteiger partial charge in [0.05, 0.1) is 5.56 Å². The first-order valence-electron chi connectivity index (χ1n) is 6.86. The predicted molar refractivity (Wildman–Crippen MR) is 75.1 cm³/mol. The van der Waals surface area contributed by atoms with Gasteiger partial charge in [-0.1, -0.05) is 19.1 Å². The van der Waals surface area contributed by atoms with Crippen molar-refractivity contribution < 1.29 is 9.90 Å². The van der Waals surface area contributed by atoms with Crippen LogP contribution in [0, 0.1) is 12.8 Å². The summed E-state index contributed by atoms with van der Waals surface area (Å²) in [5, 5.41) is 10.0. The number of benzene rings is 1. The minimum atomic E-state index is -0.108. The molecule has 2 rings (SSSR count). The lowest BCUT2D eigenvalue weighted by Gasteiger charge is -2.39. The molecule has 0 saturated carbocycles. The number of nitrogens with zero attached hydrogens (tertiary/aromatic N) is 1. The molecule has 1 aliphatic heterocycles. The molecule has 4 heteroatoms. The number of piperidine rings is 1. The Morgan fingerprint density at radius 1 is 1.53 bits per heavy atom. The van der Waals surface area contributed by atoms with Crippen LogP contribution in [0.15, 0.2) is 18.2 Å². The standard InChI is InChI=1S/C15H22N2O2/c1-10-6-4-8-17(13(10)9-16)15(19)12-7-3-5-11(2)14(12)18/h3,5,7,10,13,18H,4,6,8-9,16H2,1-2H3. The van der Waals surface area contributed by atoms with Crippen LogP contribution in [0.1, 0.15) is 35.7 Å². The summed E-state index contributed by atoms with van der Waals surface area (Å²) < 4.78 is 0. The van der Waals surface area contributed by atoms with Crippen molar-refractivity contribution in [3.8, 4) is 5.75 Å². The van der Waals surface area contributed by atoms with E-state index >= 15 is 0 Å². The van der Waals surface area contributed by atoms with Crippen molar-refractivity contribution in [3.05, 3.63) is 29.3 Å². The molecule has 0 bridgehead atoms. The SMILES string of the molecule is Cc1cccc(C(=O)N2CCCC(C)C2CN)c1O. The number of hydrogen-bond donors (Lipinski definition) is 2. The normalized spacial score (nSPS) is 23.4. The second kappa shape index (κ2) is 5.61. The number of para-hydroxylation sites is 1. The van der Waals surface area contributed by atoms with Gasteiger partial charge in [0.1, 0.15) is 5.75 Å². The maximum absolute atomic E-state index is 12.6. The molecular formula is C15H22N2O2. The lowest BCUT2D eigenvalue weighted by atomic mass is 9.90. The summed E-state index contributed by atoms with van der Waals surface area (Å²) in [7, 11) is 0. The van der Waals surface area contributed by atoms with E-state index in [0.29, 0.717) is 18.0 Å². The molecule has 0 spiro atoms. The maximum Gasteiger partial charge on any atom is 0.257 e. The first-order chi connectivity index (χ1) is 9.06. The number of nitrogens with two attached hydrogens (primary N) is 1. The summed E-state index contributed by atoms with van der Waals surface area (Å²) in [5.41, 5.74) is 6.92. The summed E-state index contributed by atoms with van der Waals surface area (Å²) in [4.78, 5) is 14.4. The largest absolute Gasteiger partial charge is 0.507 e. The van der Waals surface area contributed by atoms with Crippen LogP contribution < -0.4 is 5.73 Å². The van der Waals surface area contributed by atoms with Gasteiger partial charge in [0.2, 0.25) is 0 Å². The number of carbonyl (C=O) groups is 1. The van der Waals surface area contributed by atoms with Gasteiger partial charge in [-0.25, -0.2) is 0 Å². The summed E-state index contributed by atoms with van der Waals surface area (Å²) in [6.45, 7) is 5.12. The zero-order valence-corrected chi connectivity index (χ0v) is 11.6. The van der Waals surface area contributed by atoms with Crippen molar-refractivity contribution in [2.45, 2.75) is 32.7 Å². The molecule has 0 aromatic heterocycles. The van der Waals surface area contributed by atoms with Gasteiger partial charge in [-0.15, -0.1) is 0 Å². The van der Waals surface area contributed by atoms with Crippen LogP contribution in [0.5, 0.6) is 5.75 Å². The number of carbonyl (C=O) groups excluding carboxylic acids is 1. The second-order valence-corrected chi connectivity index (χ2v) is 5.39. The van der Waals surface area contributed by atoms with Crippen LogP contribution in [0.3, 0.4) is 0 Å². The number of hydrogen-bond acceptors (Lipinski definition) is 3. The average molecular weight is 262 g/mol. The molecule has 19 heavy (non-hydrogen) atoms. The molecule has 2 atom stereocenters. The third-order valence-corrected chi connectivity index (χ3v) is 4.09. The number of phenols is 1. The van der Waals surface area contributed by atoms with Crippen molar-refractivity contribution in [2.75, 3.05) is 13.1 Å². The zero-order chi connectivity index (χ0) is 14.0. The Balaban J connectivity index is 2.29. The number of likely N-dealkylation sites (tertiary alicyclic amines) is 1.